The summed E-state index contributed by atoms with van der Waals surface area (Å²) in [6.45, 7) is 8.01. The molecule has 0 N–H and O–H groups in total. The Morgan fingerprint density at radius 3 is 2.15 bits per heavy atom. The van der Waals surface area contributed by atoms with Crippen molar-refractivity contribution < 1.29 is 9.53 Å². The van der Waals surface area contributed by atoms with Crippen molar-refractivity contribution in [2.45, 2.75) is 6.54 Å². The highest BCUT2D eigenvalue weighted by molar-refractivity contribution is 6.27. The van der Waals surface area contributed by atoms with Gasteiger partial charge in [-0.3, -0.25) is 4.79 Å². The monoisotopic (exact) mass is 379 g/mol. The zero-order valence-electron chi connectivity index (χ0n) is 15.1. The van der Waals surface area contributed by atoms with Gasteiger partial charge in [0.05, 0.1) is 6.54 Å². The molecular weight excluding hydrogens is 358 g/mol. The molecule has 138 valence electrons. The van der Waals surface area contributed by atoms with Crippen LogP contribution < -0.4 is 4.74 Å². The number of amides is 1. The van der Waals surface area contributed by atoms with Gasteiger partial charge < -0.3 is 9.64 Å². The minimum absolute atomic E-state index is 0.115. The molecule has 0 aliphatic rings. The number of hydrogen-bond donors (Lipinski definition) is 0. The first-order chi connectivity index (χ1) is 13.2. The van der Waals surface area contributed by atoms with E-state index in [4.69, 9.17) is 16.3 Å². The average Bonchev–Trinajstić information content (AvgIpc) is 2.73. The predicted octanol–water partition coefficient (Wildman–Crippen LogP) is 5.47. The minimum atomic E-state index is -0.204. The van der Waals surface area contributed by atoms with Crippen molar-refractivity contribution in [1.29, 1.82) is 0 Å². The van der Waals surface area contributed by atoms with E-state index >= 15 is 0 Å². The Morgan fingerprint density at radius 1 is 0.963 bits per heavy atom. The molecule has 1 amide bonds. The smallest absolute Gasteiger partial charge is 0.242 e. The van der Waals surface area contributed by atoms with Crippen LogP contribution in [0.15, 0.2) is 110 Å². The molecule has 0 saturated heterocycles. The summed E-state index contributed by atoms with van der Waals surface area (Å²) < 4.78 is 5.78. The predicted molar refractivity (Wildman–Crippen MR) is 111 cm³/mol. The lowest BCUT2D eigenvalue weighted by molar-refractivity contribution is -0.126. The number of alkyl halides is 1. The topological polar surface area (TPSA) is 29.5 Å². The Balaban J connectivity index is 2.26. The van der Waals surface area contributed by atoms with Crippen molar-refractivity contribution in [2.24, 2.45) is 0 Å². The van der Waals surface area contributed by atoms with Gasteiger partial charge in [-0.25, -0.2) is 0 Å². The second-order valence-electron chi connectivity index (χ2n) is 5.58. The first-order valence-corrected chi connectivity index (χ1v) is 9.01. The van der Waals surface area contributed by atoms with Crippen LogP contribution in [0.3, 0.4) is 0 Å². The van der Waals surface area contributed by atoms with Crippen molar-refractivity contribution in [3.63, 3.8) is 0 Å². The third-order valence-electron chi connectivity index (χ3n) is 3.72. The zero-order chi connectivity index (χ0) is 19.5. The molecule has 4 heteroatoms. The van der Waals surface area contributed by atoms with E-state index in [0.717, 1.165) is 5.56 Å². The van der Waals surface area contributed by atoms with E-state index in [-0.39, 0.29) is 11.8 Å². The molecule has 2 aromatic carbocycles. The maximum Gasteiger partial charge on any atom is 0.242 e. The number of benzene rings is 2. The van der Waals surface area contributed by atoms with Crippen molar-refractivity contribution >= 4 is 17.5 Å². The number of hydrogen-bond acceptors (Lipinski definition) is 2. The van der Waals surface area contributed by atoms with Crippen molar-refractivity contribution in [2.75, 3.05) is 5.88 Å². The number of carbonyl (C=O) groups excluding carboxylic acids is 1. The molecule has 0 atom stereocenters. The summed E-state index contributed by atoms with van der Waals surface area (Å²) in [5.74, 6) is 0.939. The zero-order valence-corrected chi connectivity index (χ0v) is 15.8. The molecule has 0 unspecified atom stereocenters. The Bertz CT molecular complexity index is 826. The lowest BCUT2D eigenvalue weighted by Gasteiger charge is -2.23. The molecule has 0 aliphatic heterocycles. The van der Waals surface area contributed by atoms with Crippen molar-refractivity contribution in [1.82, 2.24) is 4.90 Å². The second kappa shape index (κ2) is 10.8. The van der Waals surface area contributed by atoms with E-state index in [0.29, 0.717) is 23.8 Å². The Kier molecular flexibility index (Phi) is 8.14. The molecule has 2 rings (SSSR count). The van der Waals surface area contributed by atoms with Gasteiger partial charge in [0, 0.05) is 5.70 Å². The van der Waals surface area contributed by atoms with Crippen LogP contribution in [0.2, 0.25) is 0 Å². The first-order valence-electron chi connectivity index (χ1n) is 8.48. The fourth-order valence-corrected chi connectivity index (χ4v) is 2.51. The normalized spacial score (nSPS) is 11.6. The number of carbonyl (C=O) groups is 1. The fourth-order valence-electron chi connectivity index (χ4n) is 2.37. The molecule has 0 heterocycles. The van der Waals surface area contributed by atoms with Gasteiger partial charge in [-0.05, 0) is 42.0 Å². The standard InChI is InChI=1S/C23H22ClNO2/c1-3-20(15-16-21(4-2)27-22-13-9-6-10-14-22)25(23(26)17-24)18-19-11-7-5-8-12-19/h3-16H,1-2,17-18H2/b20-15+,21-16+. The van der Waals surface area contributed by atoms with Crippen LogP contribution in [0.4, 0.5) is 0 Å². The van der Waals surface area contributed by atoms with Gasteiger partial charge >= 0.3 is 0 Å². The first kappa shape index (κ1) is 20.3. The van der Waals surface area contributed by atoms with Crippen LogP contribution >= 0.6 is 11.6 Å². The van der Waals surface area contributed by atoms with E-state index in [9.17, 15) is 4.79 Å². The van der Waals surface area contributed by atoms with Gasteiger partial charge in [-0.1, -0.05) is 61.7 Å². The van der Waals surface area contributed by atoms with Crippen LogP contribution in [0.25, 0.3) is 0 Å². The van der Waals surface area contributed by atoms with E-state index in [1.54, 1.807) is 29.2 Å². The quantitative estimate of drug-likeness (QED) is 0.328. The van der Waals surface area contributed by atoms with E-state index in [1.807, 2.05) is 60.7 Å². The largest absolute Gasteiger partial charge is 0.457 e. The highest BCUT2D eigenvalue weighted by Gasteiger charge is 2.15. The van der Waals surface area contributed by atoms with Gasteiger partial charge in [-0.15, -0.1) is 11.6 Å². The van der Waals surface area contributed by atoms with Gasteiger partial charge in [0.1, 0.15) is 17.4 Å². The second-order valence-corrected chi connectivity index (χ2v) is 5.85. The molecule has 0 fully saturated rings. The molecular formula is C23H22ClNO2. The Hall–Kier alpha value is -3.04. The fraction of sp³-hybridized carbons (Fsp3) is 0.0870. The summed E-state index contributed by atoms with van der Waals surface area (Å²) in [7, 11) is 0. The van der Waals surface area contributed by atoms with Gasteiger partial charge in [0.2, 0.25) is 5.91 Å². The Labute approximate surface area is 165 Å². The number of rotatable bonds is 9. The Morgan fingerprint density at radius 2 is 1.59 bits per heavy atom. The third-order valence-corrected chi connectivity index (χ3v) is 3.95. The van der Waals surface area contributed by atoms with Crippen molar-refractivity contribution in [3.8, 4) is 5.75 Å². The van der Waals surface area contributed by atoms with Gasteiger partial charge in [0.15, 0.2) is 0 Å². The highest BCUT2D eigenvalue weighted by atomic mass is 35.5. The SMILES string of the molecule is C=C/C(=C\C=C(/C=C)N(Cc1ccccc1)C(=O)CCl)Oc1ccccc1. The van der Waals surface area contributed by atoms with E-state index in [1.165, 1.54) is 0 Å². The lowest BCUT2D eigenvalue weighted by atomic mass is 10.2. The number of allylic oxidation sites excluding steroid dienone is 4. The lowest BCUT2D eigenvalue weighted by Crippen LogP contribution is -2.30. The number of halogens is 1. The van der Waals surface area contributed by atoms with Gasteiger partial charge in [0.25, 0.3) is 0 Å². The summed E-state index contributed by atoms with van der Waals surface area (Å²) in [5.41, 5.74) is 1.62. The molecule has 0 saturated carbocycles. The van der Waals surface area contributed by atoms with Crippen LogP contribution in [0.1, 0.15) is 5.56 Å². The van der Waals surface area contributed by atoms with Crippen LogP contribution in [-0.2, 0) is 11.3 Å². The molecule has 27 heavy (non-hydrogen) atoms. The number of ether oxygens (including phenoxy) is 1. The van der Waals surface area contributed by atoms with Crippen LogP contribution in [0, 0.1) is 0 Å². The van der Waals surface area contributed by atoms with E-state index in [2.05, 4.69) is 13.2 Å². The number of para-hydroxylation sites is 1. The molecule has 3 nitrogen and oxygen atoms in total. The summed E-state index contributed by atoms with van der Waals surface area (Å²) in [4.78, 5) is 13.9. The molecule has 0 aromatic heterocycles. The molecule has 0 aliphatic carbocycles. The molecule has 0 bridgehead atoms. The maximum atomic E-state index is 12.4. The summed E-state index contributed by atoms with van der Waals surface area (Å²) in [6, 6.07) is 19.1. The van der Waals surface area contributed by atoms with Gasteiger partial charge in [-0.2, -0.15) is 0 Å². The average molecular weight is 380 g/mol. The van der Waals surface area contributed by atoms with Crippen LogP contribution in [-0.4, -0.2) is 16.7 Å². The third kappa shape index (κ3) is 6.32. The highest BCUT2D eigenvalue weighted by Crippen LogP contribution is 2.16. The maximum absolute atomic E-state index is 12.4. The minimum Gasteiger partial charge on any atom is -0.457 e. The summed E-state index contributed by atoms with van der Waals surface area (Å²) in [5, 5.41) is 0. The van der Waals surface area contributed by atoms with E-state index < -0.39 is 0 Å². The number of nitrogens with zero attached hydrogens (tertiary/aromatic N) is 1. The molecule has 0 radical (unpaired) electrons. The van der Waals surface area contributed by atoms with Crippen molar-refractivity contribution in [3.05, 3.63) is 115 Å². The molecule has 0 spiro atoms. The summed E-state index contributed by atoms with van der Waals surface area (Å²) in [6.07, 6.45) is 6.74. The molecule has 2 aromatic rings. The van der Waals surface area contributed by atoms with Crippen LogP contribution in [0.5, 0.6) is 5.75 Å². The summed E-state index contributed by atoms with van der Waals surface area (Å²) >= 11 is 5.80.